The Bertz CT molecular complexity index is 615. The summed E-state index contributed by atoms with van der Waals surface area (Å²) in [6, 6.07) is 13.6. The third-order valence-corrected chi connectivity index (χ3v) is 3.88. The lowest BCUT2D eigenvalue weighted by Crippen LogP contribution is -2.47. The highest BCUT2D eigenvalue weighted by Crippen LogP contribution is 2.36. The van der Waals surface area contributed by atoms with Gasteiger partial charge in [-0.1, -0.05) is 18.2 Å². The van der Waals surface area contributed by atoms with Crippen LogP contribution in [0.4, 0.5) is 11.4 Å². The number of nitrogens with zero attached hydrogens (tertiary/aromatic N) is 3. The molecule has 2 heterocycles. The summed E-state index contributed by atoms with van der Waals surface area (Å²) in [5.74, 6) is -0.145. The quantitative estimate of drug-likeness (QED) is 0.931. The number of fused-ring (bicyclic) bond motifs is 1. The lowest BCUT2D eigenvalue weighted by atomic mass is 10.3. The molecule has 0 aliphatic carbocycles. The van der Waals surface area contributed by atoms with Crippen LogP contribution in [0.25, 0.3) is 0 Å². The topological polar surface area (TPSA) is 48.5 Å². The van der Waals surface area contributed by atoms with Crippen LogP contribution in [-0.2, 0) is 0 Å². The molecular formula is C16H18N4O. The molecular weight excluding hydrogens is 264 g/mol. The number of amides is 1. The number of aromatic nitrogens is 1. The molecule has 1 N–H and O–H groups in total. The van der Waals surface area contributed by atoms with Crippen LogP contribution in [0.1, 0.15) is 10.5 Å². The van der Waals surface area contributed by atoms with E-state index in [1.807, 2.05) is 32.3 Å². The molecule has 1 aromatic heterocycles. The molecule has 0 atom stereocenters. The molecule has 1 aliphatic rings. The standard InChI is InChI=1S/C16H18N4O/c1-19-13-8-3-4-9-14(13)20(2)15(19)11-18-16(21)12-7-5-6-10-17-12/h3-10,15H,11H2,1-2H3,(H,18,21). The molecule has 0 radical (unpaired) electrons. The highest BCUT2D eigenvalue weighted by Gasteiger charge is 2.30. The minimum Gasteiger partial charge on any atom is -0.351 e. The lowest BCUT2D eigenvalue weighted by Gasteiger charge is -2.28. The largest absolute Gasteiger partial charge is 0.351 e. The second-order valence-electron chi connectivity index (χ2n) is 5.12. The second kappa shape index (κ2) is 5.44. The van der Waals surface area contributed by atoms with E-state index in [2.05, 4.69) is 32.2 Å². The summed E-state index contributed by atoms with van der Waals surface area (Å²) in [6.45, 7) is 0.539. The SMILES string of the molecule is CN1c2ccccc2N(C)C1CNC(=O)c1ccccn1. The van der Waals surface area contributed by atoms with E-state index in [0.717, 1.165) is 0 Å². The number of carbonyl (C=O) groups excluding carboxylic acids is 1. The Hall–Kier alpha value is -2.56. The summed E-state index contributed by atoms with van der Waals surface area (Å²) in [4.78, 5) is 20.5. The van der Waals surface area contributed by atoms with Crippen LogP contribution in [0.15, 0.2) is 48.7 Å². The van der Waals surface area contributed by atoms with E-state index in [4.69, 9.17) is 0 Å². The Morgan fingerprint density at radius 1 is 1.10 bits per heavy atom. The number of hydrogen-bond acceptors (Lipinski definition) is 4. The number of likely N-dealkylation sites (N-methyl/N-ethyl adjacent to an activating group) is 2. The summed E-state index contributed by atoms with van der Waals surface area (Å²) in [5, 5.41) is 2.95. The number of nitrogens with one attached hydrogen (secondary N) is 1. The van der Waals surface area contributed by atoms with Crippen molar-refractivity contribution in [2.24, 2.45) is 0 Å². The van der Waals surface area contributed by atoms with E-state index in [9.17, 15) is 4.79 Å². The Labute approximate surface area is 124 Å². The smallest absolute Gasteiger partial charge is 0.270 e. The molecule has 3 rings (SSSR count). The zero-order valence-corrected chi connectivity index (χ0v) is 12.2. The molecule has 0 spiro atoms. The predicted octanol–water partition coefficient (Wildman–Crippen LogP) is 1.72. The average molecular weight is 282 g/mol. The van der Waals surface area contributed by atoms with Gasteiger partial charge in [0, 0.05) is 20.3 Å². The maximum atomic E-state index is 12.1. The first-order valence-corrected chi connectivity index (χ1v) is 6.92. The number of benzene rings is 1. The summed E-state index contributed by atoms with van der Waals surface area (Å²) in [6.07, 6.45) is 1.73. The highest BCUT2D eigenvalue weighted by atomic mass is 16.1. The number of hydrogen-bond donors (Lipinski definition) is 1. The van der Waals surface area contributed by atoms with Gasteiger partial charge in [-0.3, -0.25) is 9.78 Å². The van der Waals surface area contributed by atoms with Crippen LogP contribution >= 0.6 is 0 Å². The summed E-state index contributed by atoms with van der Waals surface area (Å²) < 4.78 is 0. The fourth-order valence-corrected chi connectivity index (χ4v) is 2.69. The third kappa shape index (κ3) is 2.42. The van der Waals surface area contributed by atoms with Gasteiger partial charge in [0.1, 0.15) is 11.9 Å². The Morgan fingerprint density at radius 3 is 2.29 bits per heavy atom. The molecule has 2 aromatic rings. The molecule has 0 unspecified atom stereocenters. The van der Waals surface area contributed by atoms with Gasteiger partial charge in [0.2, 0.25) is 0 Å². The van der Waals surface area contributed by atoms with Crippen molar-refractivity contribution in [1.29, 1.82) is 0 Å². The van der Waals surface area contributed by atoms with Crippen molar-refractivity contribution in [1.82, 2.24) is 10.3 Å². The molecule has 0 bridgehead atoms. The summed E-state index contributed by atoms with van der Waals surface area (Å²) in [5.41, 5.74) is 2.80. The Kier molecular flexibility index (Phi) is 3.48. The average Bonchev–Trinajstić information content (AvgIpc) is 2.78. The fourth-order valence-electron chi connectivity index (χ4n) is 2.69. The van der Waals surface area contributed by atoms with Crippen molar-refractivity contribution >= 4 is 17.3 Å². The maximum Gasteiger partial charge on any atom is 0.270 e. The Balaban J connectivity index is 1.69. The maximum absolute atomic E-state index is 12.1. The molecule has 1 aromatic carbocycles. The van der Waals surface area contributed by atoms with Gasteiger partial charge in [-0.05, 0) is 24.3 Å². The highest BCUT2D eigenvalue weighted by molar-refractivity contribution is 5.92. The lowest BCUT2D eigenvalue weighted by molar-refractivity contribution is 0.0946. The van der Waals surface area contributed by atoms with Gasteiger partial charge >= 0.3 is 0 Å². The van der Waals surface area contributed by atoms with E-state index in [1.165, 1.54) is 11.4 Å². The van der Waals surface area contributed by atoms with Gasteiger partial charge in [-0.2, -0.15) is 0 Å². The number of pyridine rings is 1. The minimum absolute atomic E-state index is 0.107. The van der Waals surface area contributed by atoms with E-state index >= 15 is 0 Å². The summed E-state index contributed by atoms with van der Waals surface area (Å²) >= 11 is 0. The van der Waals surface area contributed by atoms with Crippen molar-refractivity contribution in [3.8, 4) is 0 Å². The van der Waals surface area contributed by atoms with Crippen LogP contribution in [0.5, 0.6) is 0 Å². The number of para-hydroxylation sites is 2. The molecule has 1 aliphatic heterocycles. The first kappa shape index (κ1) is 13.4. The van der Waals surface area contributed by atoms with Crippen LogP contribution in [-0.4, -0.2) is 37.7 Å². The zero-order chi connectivity index (χ0) is 14.8. The molecule has 0 fully saturated rings. The van der Waals surface area contributed by atoms with Crippen molar-refractivity contribution in [2.75, 3.05) is 30.4 Å². The van der Waals surface area contributed by atoms with Crippen molar-refractivity contribution in [3.05, 3.63) is 54.4 Å². The number of anilines is 2. The predicted molar refractivity (Wildman–Crippen MR) is 83.6 cm³/mol. The van der Waals surface area contributed by atoms with Gasteiger partial charge < -0.3 is 15.1 Å². The van der Waals surface area contributed by atoms with Gasteiger partial charge in [-0.15, -0.1) is 0 Å². The monoisotopic (exact) mass is 282 g/mol. The van der Waals surface area contributed by atoms with E-state index in [1.54, 1.807) is 18.3 Å². The molecule has 5 nitrogen and oxygen atoms in total. The van der Waals surface area contributed by atoms with Crippen LogP contribution in [0, 0.1) is 0 Å². The molecule has 5 heteroatoms. The second-order valence-corrected chi connectivity index (χ2v) is 5.12. The van der Waals surface area contributed by atoms with Crippen LogP contribution < -0.4 is 15.1 Å². The normalized spacial score (nSPS) is 14.2. The molecule has 21 heavy (non-hydrogen) atoms. The van der Waals surface area contributed by atoms with E-state index in [-0.39, 0.29) is 12.1 Å². The number of rotatable bonds is 3. The van der Waals surface area contributed by atoms with Crippen molar-refractivity contribution in [2.45, 2.75) is 6.17 Å². The number of carbonyl (C=O) groups is 1. The summed E-state index contributed by atoms with van der Waals surface area (Å²) in [7, 11) is 4.08. The van der Waals surface area contributed by atoms with Crippen molar-refractivity contribution in [3.63, 3.8) is 0 Å². The molecule has 0 saturated heterocycles. The fraction of sp³-hybridized carbons (Fsp3) is 0.250. The molecule has 108 valence electrons. The molecule has 1 amide bonds. The van der Waals surface area contributed by atoms with E-state index < -0.39 is 0 Å². The Morgan fingerprint density at radius 2 is 1.71 bits per heavy atom. The van der Waals surface area contributed by atoms with E-state index in [0.29, 0.717) is 12.2 Å². The van der Waals surface area contributed by atoms with Gasteiger partial charge in [0.15, 0.2) is 0 Å². The molecule has 0 saturated carbocycles. The van der Waals surface area contributed by atoms with Gasteiger partial charge in [0.25, 0.3) is 5.91 Å². The first-order valence-electron chi connectivity index (χ1n) is 6.92. The zero-order valence-electron chi connectivity index (χ0n) is 12.2. The minimum atomic E-state index is -0.145. The van der Waals surface area contributed by atoms with Gasteiger partial charge in [-0.25, -0.2) is 0 Å². The third-order valence-electron chi connectivity index (χ3n) is 3.88. The van der Waals surface area contributed by atoms with Crippen LogP contribution in [0.3, 0.4) is 0 Å². The van der Waals surface area contributed by atoms with Crippen LogP contribution in [0.2, 0.25) is 0 Å². The first-order chi connectivity index (χ1) is 10.2. The van der Waals surface area contributed by atoms with Crippen molar-refractivity contribution < 1.29 is 4.79 Å². The van der Waals surface area contributed by atoms with Gasteiger partial charge in [0.05, 0.1) is 17.9 Å².